The molecule has 0 aliphatic heterocycles. The second-order valence-electron chi connectivity index (χ2n) is 2.56. The van der Waals surface area contributed by atoms with Crippen molar-refractivity contribution in [3.63, 3.8) is 0 Å². The van der Waals surface area contributed by atoms with Crippen LogP contribution in [0.1, 0.15) is 11.1 Å². The quantitative estimate of drug-likeness (QED) is 0.640. The van der Waals surface area contributed by atoms with Gasteiger partial charge in [-0.2, -0.15) is 5.26 Å². The van der Waals surface area contributed by atoms with Crippen molar-refractivity contribution in [1.82, 2.24) is 4.98 Å². The number of nitrogens with zero attached hydrogens (tertiary/aromatic N) is 2. The van der Waals surface area contributed by atoms with Crippen LogP contribution < -0.4 is 51.4 Å². The van der Waals surface area contributed by atoms with E-state index < -0.39 is 6.98 Å². The van der Waals surface area contributed by atoms with Gasteiger partial charge >= 0.3 is 58.4 Å². The van der Waals surface area contributed by atoms with Crippen LogP contribution in [0, 0.1) is 11.3 Å². The van der Waals surface area contributed by atoms with Gasteiger partial charge in [0.05, 0.1) is 5.56 Å². The molecule has 7 heteroatoms. The topological polar surface area (TPSA) is 36.7 Å². The Morgan fingerprint density at radius 1 is 1.40 bits per heavy atom. The summed E-state index contributed by atoms with van der Waals surface area (Å²) in [6.45, 7) is -4.96. The van der Waals surface area contributed by atoms with Crippen molar-refractivity contribution in [2.24, 2.45) is 0 Å². The van der Waals surface area contributed by atoms with E-state index in [1.54, 1.807) is 6.07 Å². The molecule has 1 rings (SSSR count). The van der Waals surface area contributed by atoms with Crippen LogP contribution in [0.15, 0.2) is 24.4 Å². The molecule has 0 aliphatic carbocycles. The molecule has 1 aromatic heterocycles. The molecule has 2 nitrogen and oxygen atoms in total. The number of hydrogen-bond donors (Lipinski definition) is 0. The molecule has 72 valence electrons. The fourth-order valence-electron chi connectivity index (χ4n) is 0.857. The summed E-state index contributed by atoms with van der Waals surface area (Å²) in [4.78, 5) is 3.63. The molecule has 15 heavy (non-hydrogen) atoms. The Morgan fingerprint density at radius 2 is 2.07 bits per heavy atom. The van der Waals surface area contributed by atoms with Crippen molar-refractivity contribution in [2.45, 2.75) is 0 Å². The number of hydrogen-bond acceptors (Lipinski definition) is 2. The normalized spacial score (nSPS) is 10.8. The first-order valence-corrected chi connectivity index (χ1v) is 3.76. The first-order chi connectivity index (χ1) is 6.53. The molecule has 0 atom stereocenters. The Balaban J connectivity index is 0.00000196. The summed E-state index contributed by atoms with van der Waals surface area (Å²) in [6, 6.07) is 3.12. The summed E-state index contributed by atoms with van der Waals surface area (Å²) < 4.78 is 35.6. The molecule has 1 aromatic rings. The first kappa shape index (κ1) is 14.9. The van der Waals surface area contributed by atoms with E-state index in [1.807, 2.05) is 0 Å². The summed E-state index contributed by atoms with van der Waals surface area (Å²) in [5.74, 6) is 0.149. The number of halogens is 3. The van der Waals surface area contributed by atoms with E-state index in [0.29, 0.717) is 0 Å². The number of nitriles is 1. The van der Waals surface area contributed by atoms with Crippen LogP contribution in [-0.4, -0.2) is 12.0 Å². The molecule has 0 fully saturated rings. The summed E-state index contributed by atoms with van der Waals surface area (Å²) >= 11 is 0. The SMILES string of the molecule is N#Cc1cnccc1/C=C/[B-](F)(F)F.[K+]. The molecule has 0 aromatic carbocycles. The second-order valence-corrected chi connectivity index (χ2v) is 2.56. The van der Waals surface area contributed by atoms with E-state index in [9.17, 15) is 12.9 Å². The van der Waals surface area contributed by atoms with Crippen LogP contribution in [0.4, 0.5) is 12.9 Å². The van der Waals surface area contributed by atoms with Gasteiger partial charge in [-0.1, -0.05) is 6.08 Å². The van der Waals surface area contributed by atoms with Gasteiger partial charge in [0, 0.05) is 12.4 Å². The third-order valence-corrected chi connectivity index (χ3v) is 1.47. The molecule has 0 spiro atoms. The van der Waals surface area contributed by atoms with E-state index in [4.69, 9.17) is 5.26 Å². The molecule has 0 amide bonds. The van der Waals surface area contributed by atoms with E-state index in [0.717, 1.165) is 6.08 Å². The molecule has 0 radical (unpaired) electrons. The average molecular weight is 236 g/mol. The fraction of sp³-hybridized carbons (Fsp3) is 0. The molecule has 1 heterocycles. The summed E-state index contributed by atoms with van der Waals surface area (Å²) in [7, 11) is 0. The predicted octanol–water partition coefficient (Wildman–Crippen LogP) is -0.643. The van der Waals surface area contributed by atoms with Gasteiger partial charge in [-0.3, -0.25) is 4.98 Å². The average Bonchev–Trinajstić information content (AvgIpc) is 2.14. The maximum absolute atomic E-state index is 11.9. The van der Waals surface area contributed by atoms with Crippen LogP contribution in [0.3, 0.4) is 0 Å². The Bertz CT molecular complexity index is 398. The van der Waals surface area contributed by atoms with Crippen LogP contribution in [0.2, 0.25) is 0 Å². The van der Waals surface area contributed by atoms with Crippen molar-refractivity contribution in [3.05, 3.63) is 35.6 Å². The van der Waals surface area contributed by atoms with Gasteiger partial charge < -0.3 is 12.9 Å². The van der Waals surface area contributed by atoms with Crippen molar-refractivity contribution >= 4 is 13.1 Å². The molecule has 0 saturated heterocycles. The van der Waals surface area contributed by atoms with Crippen molar-refractivity contribution in [2.75, 3.05) is 0 Å². The van der Waals surface area contributed by atoms with Gasteiger partial charge in [0.1, 0.15) is 6.07 Å². The molecule has 0 bridgehead atoms. The number of aromatic nitrogens is 1. The molecular formula is C8H5BF3KN2. The number of rotatable bonds is 2. The minimum Gasteiger partial charge on any atom is -0.445 e. The largest absolute Gasteiger partial charge is 1.00 e. The Hall–Kier alpha value is -0.129. The van der Waals surface area contributed by atoms with Gasteiger partial charge in [-0.15, -0.1) is 5.98 Å². The summed E-state index contributed by atoms with van der Waals surface area (Å²) in [6.07, 6.45) is 3.44. The fourth-order valence-corrected chi connectivity index (χ4v) is 0.857. The van der Waals surface area contributed by atoms with Gasteiger partial charge in [0.15, 0.2) is 0 Å². The van der Waals surface area contributed by atoms with E-state index in [2.05, 4.69) is 4.98 Å². The molecule has 0 saturated carbocycles. The predicted molar refractivity (Wildman–Crippen MR) is 47.1 cm³/mol. The summed E-state index contributed by atoms with van der Waals surface area (Å²) in [5.41, 5.74) is 0.352. The minimum absolute atomic E-state index is 0. The minimum atomic E-state index is -4.96. The standard InChI is InChI=1S/C8H5BF3N2.K/c10-9(11,12)3-1-7-2-4-14-6-8(7)5-13;/h1-4,6H;/q-1;+1/b3-1+;. The van der Waals surface area contributed by atoms with Crippen LogP contribution in [0.5, 0.6) is 0 Å². The molecule has 0 N–H and O–H groups in total. The van der Waals surface area contributed by atoms with Crippen LogP contribution in [-0.2, 0) is 0 Å². The van der Waals surface area contributed by atoms with Crippen molar-refractivity contribution in [3.8, 4) is 6.07 Å². The molecular weight excluding hydrogens is 231 g/mol. The smallest absolute Gasteiger partial charge is 0.445 e. The Kier molecular flexibility index (Phi) is 6.40. The maximum Gasteiger partial charge on any atom is 1.00 e. The zero-order valence-electron chi connectivity index (χ0n) is 7.99. The van der Waals surface area contributed by atoms with E-state index in [1.165, 1.54) is 18.5 Å². The van der Waals surface area contributed by atoms with Crippen molar-refractivity contribution in [1.29, 1.82) is 5.26 Å². The van der Waals surface area contributed by atoms with Gasteiger partial charge in [0.25, 0.3) is 0 Å². The molecule has 0 aliphatic rings. The monoisotopic (exact) mass is 236 g/mol. The Labute approximate surface area is 128 Å². The van der Waals surface area contributed by atoms with E-state index >= 15 is 0 Å². The zero-order chi connectivity index (χ0) is 10.6. The Morgan fingerprint density at radius 3 is 2.60 bits per heavy atom. The van der Waals surface area contributed by atoms with Gasteiger partial charge in [-0.05, 0) is 11.6 Å². The van der Waals surface area contributed by atoms with Gasteiger partial charge in [0.2, 0.25) is 0 Å². The maximum atomic E-state index is 11.9. The molecule has 0 unspecified atom stereocenters. The second kappa shape index (κ2) is 6.45. The van der Waals surface area contributed by atoms with Crippen LogP contribution in [0.25, 0.3) is 6.08 Å². The third-order valence-electron chi connectivity index (χ3n) is 1.47. The van der Waals surface area contributed by atoms with Gasteiger partial charge in [-0.25, -0.2) is 0 Å². The van der Waals surface area contributed by atoms with E-state index in [-0.39, 0.29) is 68.5 Å². The number of pyridine rings is 1. The van der Waals surface area contributed by atoms with Crippen molar-refractivity contribution < 1.29 is 64.3 Å². The zero-order valence-corrected chi connectivity index (χ0v) is 11.1. The third kappa shape index (κ3) is 5.49. The first-order valence-electron chi connectivity index (χ1n) is 3.76. The van der Waals surface area contributed by atoms with Crippen LogP contribution >= 0.6 is 0 Å². The summed E-state index contributed by atoms with van der Waals surface area (Å²) in [5, 5.41) is 8.55.